The van der Waals surface area contributed by atoms with E-state index in [1.54, 1.807) is 41.5 Å². The number of nitrogens with two attached hydrogens (primary N) is 2. The van der Waals surface area contributed by atoms with Crippen molar-refractivity contribution in [2.45, 2.75) is 207 Å². The molecule has 2 aliphatic rings. The fourth-order valence-corrected chi connectivity index (χ4v) is 9.29. The van der Waals surface area contributed by atoms with Gasteiger partial charge in [-0.2, -0.15) is 0 Å². The first-order valence-electron chi connectivity index (χ1n) is 27.4. The molecule has 0 aromatic heterocycles. The summed E-state index contributed by atoms with van der Waals surface area (Å²) >= 11 is 0. The highest BCUT2D eigenvalue weighted by atomic mass is 16.3. The lowest BCUT2D eigenvalue weighted by atomic mass is 9.84. The minimum atomic E-state index is -1.62. The Balaban J connectivity index is 2.29. The number of aliphatic imine (C=N–C) groups is 1. The lowest BCUT2D eigenvalue weighted by Gasteiger charge is -2.33. The summed E-state index contributed by atoms with van der Waals surface area (Å²) in [5.41, 5.74) is 11.1. The maximum Gasteiger partial charge on any atom is 0.245 e. The predicted octanol–water partition coefficient (Wildman–Crippen LogP) is -0.452. The smallest absolute Gasteiger partial charge is 0.245 e. The van der Waals surface area contributed by atoms with E-state index in [4.69, 9.17) is 11.5 Å². The summed E-state index contributed by atoms with van der Waals surface area (Å²) in [5, 5.41) is 32.5. The summed E-state index contributed by atoms with van der Waals surface area (Å²) in [6.45, 7) is 16.4. The van der Waals surface area contributed by atoms with E-state index in [0.29, 0.717) is 51.0 Å². The van der Waals surface area contributed by atoms with Crippen molar-refractivity contribution >= 4 is 65.0 Å². The average molecular weight is 1080 g/mol. The maximum absolute atomic E-state index is 14.4. The Morgan fingerprint density at radius 1 is 0.645 bits per heavy atom. The third kappa shape index (κ3) is 21.5. The van der Waals surface area contributed by atoms with Crippen LogP contribution in [0.25, 0.3) is 0 Å². The largest absolute Gasteiger partial charge is 0.391 e. The Kier molecular flexibility index (Phi) is 28.8. The van der Waals surface area contributed by atoms with E-state index in [1.165, 1.54) is 32.2 Å². The van der Waals surface area contributed by atoms with Crippen molar-refractivity contribution in [2.75, 3.05) is 33.2 Å². The normalized spacial score (nSPS) is 18.6. The van der Waals surface area contributed by atoms with Gasteiger partial charge in [-0.05, 0) is 82.5 Å². The van der Waals surface area contributed by atoms with Gasteiger partial charge in [0.25, 0.3) is 0 Å². The quantitative estimate of drug-likeness (QED) is 0.0238. The van der Waals surface area contributed by atoms with Gasteiger partial charge in [0.15, 0.2) is 5.96 Å². The highest BCUT2D eigenvalue weighted by molar-refractivity contribution is 5.98. The third-order valence-corrected chi connectivity index (χ3v) is 14.6. The second-order valence-corrected chi connectivity index (χ2v) is 21.2. The van der Waals surface area contributed by atoms with Crippen LogP contribution in [0.1, 0.15) is 153 Å². The van der Waals surface area contributed by atoms with Gasteiger partial charge in [0.1, 0.15) is 42.3 Å². The Hall–Kier alpha value is -6.07. The van der Waals surface area contributed by atoms with Crippen molar-refractivity contribution < 1.29 is 53.1 Å². The molecule has 1 saturated heterocycles. The first-order chi connectivity index (χ1) is 35.8. The number of carbonyl (C=O) groups excluding carboxylic acids is 10. The third-order valence-electron chi connectivity index (χ3n) is 14.6. The molecule has 24 nitrogen and oxygen atoms in total. The number of aliphatic hydroxyl groups is 1. The first-order valence-corrected chi connectivity index (χ1v) is 27.4. The van der Waals surface area contributed by atoms with E-state index >= 15 is 0 Å². The van der Waals surface area contributed by atoms with E-state index in [2.05, 4.69) is 47.5 Å². The van der Waals surface area contributed by atoms with Crippen LogP contribution in [0, 0.1) is 23.7 Å². The van der Waals surface area contributed by atoms with Gasteiger partial charge < -0.3 is 68.9 Å². The number of hydrogen-bond donors (Lipinski definition) is 11. The predicted molar refractivity (Wildman–Crippen MR) is 287 cm³/mol. The molecule has 1 heterocycles. The Labute approximate surface area is 449 Å². The monoisotopic (exact) mass is 1080 g/mol. The van der Waals surface area contributed by atoms with E-state index in [0.717, 1.165) is 30.6 Å². The molecule has 10 amide bonds. The number of guanidine groups is 1. The first kappa shape index (κ1) is 66.0. The summed E-state index contributed by atoms with van der Waals surface area (Å²) in [4.78, 5) is 142. The number of nitrogens with one attached hydrogen (secondary N) is 8. The number of rotatable bonds is 31. The molecule has 0 spiro atoms. The second kappa shape index (κ2) is 33.2. The minimum absolute atomic E-state index is 0.0586. The molecule has 2 fully saturated rings. The SMILES string of the molecule is CCC[C@H](NC(=O)[C@@H](NC(=O)[C@H](NC(=O)[C@@H](NC(=O)CNC(=O)CN(C)C(C)=O)C(C)C)[C@@H](C)CC)[C@@H](C)O)C(=O)N[C@H](C(=O)N[C@@H](CCCN=C(N)N)C(=O)N1CCC[C@H]1C(=O)NC(C)C1CCCCC1)[C@@H](C)CC. The fourth-order valence-electron chi connectivity index (χ4n) is 9.29. The standard InChI is InChI=1S/C52H93N13O11/c1-12-20-36(58-50(75)44(33(9)66)63-49(74)43(31(7)14-3)62-47(72)41(29(4)5)60-39(68)27-56-40(69)28-64(11)34(10)67)45(70)61-42(30(6)13-2)48(73)59-37(23-18-25-55-52(53)54)51(76)65-26-19-24-38(65)46(71)57-32(8)35-21-16-15-17-22-35/h29-33,35-38,41-44,66H,12-28H2,1-11H3,(H,56,69)(H,57,71)(H,58,75)(H,59,73)(H,60,68)(H,61,70)(H,62,72)(H,63,74)(H4,53,54,55)/t30-,31-,32?,33+,36-,37-,38-,41-,42-,43+,44-/m0/s1. The molecule has 1 unspecified atom stereocenters. The topological polar surface area (TPSA) is 358 Å². The Bertz CT molecular complexity index is 1990. The van der Waals surface area contributed by atoms with Crippen molar-refractivity contribution in [2.24, 2.45) is 40.1 Å². The summed E-state index contributed by atoms with van der Waals surface area (Å²) in [6, 6.07) is -8.39. The van der Waals surface area contributed by atoms with Crippen molar-refractivity contribution in [3.63, 3.8) is 0 Å². The zero-order chi connectivity index (χ0) is 57.4. The van der Waals surface area contributed by atoms with Crippen molar-refractivity contribution in [3.05, 3.63) is 0 Å². The molecule has 1 saturated carbocycles. The van der Waals surface area contributed by atoms with Gasteiger partial charge in [0, 0.05) is 33.1 Å². The number of aliphatic hydroxyl groups excluding tert-OH is 1. The van der Waals surface area contributed by atoms with Gasteiger partial charge in [0.2, 0.25) is 59.1 Å². The van der Waals surface area contributed by atoms with E-state index in [9.17, 15) is 53.1 Å². The van der Waals surface area contributed by atoms with E-state index in [-0.39, 0.29) is 49.7 Å². The maximum atomic E-state index is 14.4. The van der Waals surface area contributed by atoms with Crippen LogP contribution in [0.2, 0.25) is 0 Å². The molecule has 0 bridgehead atoms. The van der Waals surface area contributed by atoms with Gasteiger partial charge in [0.05, 0.1) is 19.2 Å². The molecule has 1 aliphatic carbocycles. The number of amides is 10. The van der Waals surface area contributed by atoms with Crippen molar-refractivity contribution in [1.29, 1.82) is 0 Å². The lowest BCUT2D eigenvalue weighted by Crippen LogP contribution is -2.63. The highest BCUT2D eigenvalue weighted by Gasteiger charge is 2.41. The molecule has 0 aromatic rings. The van der Waals surface area contributed by atoms with Crippen LogP contribution >= 0.6 is 0 Å². The van der Waals surface area contributed by atoms with E-state index < -0.39 is 120 Å². The van der Waals surface area contributed by atoms with Crippen LogP contribution in [0.3, 0.4) is 0 Å². The second-order valence-electron chi connectivity index (χ2n) is 21.2. The molecule has 1 aliphatic heterocycles. The molecular formula is C52H93N13O11. The number of likely N-dealkylation sites (tertiary alicyclic amines) is 1. The van der Waals surface area contributed by atoms with Crippen molar-refractivity contribution in [3.8, 4) is 0 Å². The molecule has 76 heavy (non-hydrogen) atoms. The molecule has 0 aromatic carbocycles. The zero-order valence-corrected chi connectivity index (χ0v) is 47.1. The van der Waals surface area contributed by atoms with Gasteiger partial charge in [-0.1, -0.05) is 87.0 Å². The number of likely N-dealkylation sites (N-methyl/N-ethyl adjacent to an activating group) is 1. The highest BCUT2D eigenvalue weighted by Crippen LogP contribution is 2.27. The van der Waals surface area contributed by atoms with Crippen LogP contribution in [-0.2, 0) is 47.9 Å². The molecule has 0 radical (unpaired) electrons. The van der Waals surface area contributed by atoms with Gasteiger partial charge in [-0.25, -0.2) is 0 Å². The van der Waals surface area contributed by atoms with Gasteiger partial charge >= 0.3 is 0 Å². The molecule has 2 rings (SSSR count). The molecule has 432 valence electrons. The molecule has 11 atom stereocenters. The molecular weight excluding hydrogens is 983 g/mol. The van der Waals surface area contributed by atoms with Crippen molar-refractivity contribution in [1.82, 2.24) is 52.3 Å². The number of carbonyl (C=O) groups is 10. The van der Waals surface area contributed by atoms with E-state index in [1.807, 2.05) is 13.8 Å². The van der Waals surface area contributed by atoms with Crippen LogP contribution in [-0.4, -0.2) is 168 Å². The zero-order valence-electron chi connectivity index (χ0n) is 47.1. The van der Waals surface area contributed by atoms with Crippen LogP contribution in [0.15, 0.2) is 4.99 Å². The van der Waals surface area contributed by atoms with Gasteiger partial charge in [-0.3, -0.25) is 52.9 Å². The summed E-state index contributed by atoms with van der Waals surface area (Å²) in [7, 11) is 1.43. The van der Waals surface area contributed by atoms with Gasteiger partial charge in [-0.15, -0.1) is 0 Å². The molecule has 24 heteroatoms. The summed E-state index contributed by atoms with van der Waals surface area (Å²) in [6.07, 6.45) is 6.72. The van der Waals surface area contributed by atoms with Crippen LogP contribution in [0.5, 0.6) is 0 Å². The fraction of sp³-hybridized carbons (Fsp3) is 0.788. The molecule has 13 N–H and O–H groups in total. The lowest BCUT2D eigenvalue weighted by molar-refractivity contribution is -0.142. The Morgan fingerprint density at radius 2 is 1.18 bits per heavy atom. The van der Waals surface area contributed by atoms with Crippen LogP contribution < -0.4 is 54.0 Å². The summed E-state index contributed by atoms with van der Waals surface area (Å²) < 4.78 is 0. The van der Waals surface area contributed by atoms with Crippen LogP contribution in [0.4, 0.5) is 0 Å². The number of nitrogens with zero attached hydrogens (tertiary/aromatic N) is 3. The number of hydrogen-bond acceptors (Lipinski definition) is 12. The minimum Gasteiger partial charge on any atom is -0.391 e. The Morgan fingerprint density at radius 3 is 1.72 bits per heavy atom. The summed E-state index contributed by atoms with van der Waals surface area (Å²) in [5.74, 6) is -7.47. The average Bonchev–Trinajstić information content (AvgIpc) is 3.87.